The van der Waals surface area contributed by atoms with E-state index < -0.39 is 88.8 Å². The van der Waals surface area contributed by atoms with Crippen molar-refractivity contribution in [1.82, 2.24) is 0 Å². The molecule has 15 heteroatoms. The van der Waals surface area contributed by atoms with Crippen LogP contribution in [0.4, 0.5) is 5.69 Å². The lowest BCUT2D eigenvalue weighted by molar-refractivity contribution is -0.160. The number of aliphatic hydroxyl groups excluding tert-OH is 2. The van der Waals surface area contributed by atoms with Gasteiger partial charge in [0.15, 0.2) is 5.75 Å². The molecular weight excluding hydrogens is 716 g/mol. The van der Waals surface area contributed by atoms with Crippen molar-refractivity contribution in [2.75, 3.05) is 19.0 Å². The van der Waals surface area contributed by atoms with Gasteiger partial charge in [-0.2, -0.15) is 0 Å². The number of carbonyl (C=O) groups is 3. The Bertz CT molecular complexity index is 1940. The van der Waals surface area contributed by atoms with Crippen LogP contribution in [-0.2, 0) is 28.6 Å². The van der Waals surface area contributed by atoms with Gasteiger partial charge in [0.25, 0.3) is 11.7 Å². The molecule has 300 valence electrons. The molecule has 3 aliphatic rings. The van der Waals surface area contributed by atoms with Gasteiger partial charge in [0.05, 0.1) is 53.0 Å². The van der Waals surface area contributed by atoms with Gasteiger partial charge in [-0.05, 0) is 26.8 Å². The van der Waals surface area contributed by atoms with E-state index in [1.165, 1.54) is 53.2 Å². The number of fused-ring (bicyclic) bond motifs is 14. The number of aromatic hydroxyl groups is 3. The minimum absolute atomic E-state index is 0.0345. The predicted octanol–water partition coefficient (Wildman–Crippen LogP) is 5.12. The summed E-state index contributed by atoms with van der Waals surface area (Å²) >= 11 is 0. The number of amides is 1. The van der Waals surface area contributed by atoms with Crippen LogP contribution in [0.3, 0.4) is 0 Å². The third kappa shape index (κ3) is 8.28. The second-order valence-electron chi connectivity index (χ2n) is 14.3. The summed E-state index contributed by atoms with van der Waals surface area (Å²) in [6, 6.07) is 0. The number of ketones is 1. The number of carbonyl (C=O) groups excluding carboxylic acids is 3. The highest BCUT2D eigenvalue weighted by Gasteiger charge is 2.50. The first-order valence-corrected chi connectivity index (χ1v) is 18.1. The number of hydrogen-bond donors (Lipinski definition) is 6. The van der Waals surface area contributed by atoms with E-state index in [1.54, 1.807) is 46.8 Å². The third-order valence-electron chi connectivity index (χ3n) is 10.4. The maximum atomic E-state index is 14.2. The summed E-state index contributed by atoms with van der Waals surface area (Å²) in [7, 11) is 1.42. The van der Waals surface area contributed by atoms with Crippen LogP contribution in [0.15, 0.2) is 41.3 Å². The average Bonchev–Trinajstić information content (AvgIpc) is 3.41. The molecule has 0 aliphatic carbocycles. The van der Waals surface area contributed by atoms with E-state index in [9.17, 15) is 39.9 Å². The summed E-state index contributed by atoms with van der Waals surface area (Å²) in [5.74, 6) is -8.61. The Balaban J connectivity index is 1.97. The first kappa shape index (κ1) is 42.6. The fourth-order valence-corrected chi connectivity index (χ4v) is 7.04. The molecule has 5 rings (SSSR count). The van der Waals surface area contributed by atoms with Crippen molar-refractivity contribution >= 4 is 40.3 Å². The van der Waals surface area contributed by atoms with Crippen molar-refractivity contribution in [3.8, 4) is 23.0 Å². The number of oxime groups is 1. The van der Waals surface area contributed by atoms with Crippen LogP contribution < -0.4 is 10.1 Å². The molecule has 55 heavy (non-hydrogen) atoms. The maximum Gasteiger partial charge on any atom is 0.312 e. The number of allylic oxidation sites excluding steroid dienone is 2. The Morgan fingerprint density at radius 2 is 1.65 bits per heavy atom. The van der Waals surface area contributed by atoms with Gasteiger partial charge in [0.2, 0.25) is 0 Å². The van der Waals surface area contributed by atoms with Crippen molar-refractivity contribution in [3.63, 3.8) is 0 Å². The topological polar surface area (TPSA) is 223 Å². The molecule has 5 bridgehead atoms. The van der Waals surface area contributed by atoms with Crippen molar-refractivity contribution < 1.29 is 63.7 Å². The minimum Gasteiger partial charge on any atom is -0.507 e. The Morgan fingerprint density at radius 3 is 2.27 bits per heavy atom. The molecule has 2 aromatic carbocycles. The Hall–Kier alpha value is -5.12. The number of esters is 1. The second-order valence-corrected chi connectivity index (χ2v) is 14.3. The van der Waals surface area contributed by atoms with Crippen molar-refractivity contribution in [2.24, 2.45) is 28.8 Å². The van der Waals surface area contributed by atoms with Crippen molar-refractivity contribution in [3.05, 3.63) is 52.8 Å². The monoisotopic (exact) mass is 768 g/mol. The standard InChI is InChI=1S/C40H52N2O13/c1-11-53-41-17-25-30-35(48)28-27(34(25)47)29-37(23(7)33(28)46)55-40(9,38(29)49)52-16-15-26(51-10)20(4)36(54-24(8)43)22(6)32(45)21(5)31(44)18(2)13-12-14-19(3)39(50)42-30/h12-18,20-22,26,31-32,36,44-48H,11H2,1-10H3,(H,42,50)/b13-12-,16-15-,19-14-,41-17?. The summed E-state index contributed by atoms with van der Waals surface area (Å²) in [5, 5.41) is 63.3. The second kappa shape index (κ2) is 17.1. The number of anilines is 1. The smallest absolute Gasteiger partial charge is 0.312 e. The number of benzene rings is 2. The van der Waals surface area contributed by atoms with Gasteiger partial charge < -0.3 is 54.6 Å². The SMILES string of the molecule is CCON=Cc1c2c(O)c3c(O)c(C)c4c(c3c1O)C(=O)C(C)(O/C=C\C(OC)C(C)C(OC(C)=O)C(C)C(O)C(C)C(O)C(C)/C=C\C=C(\C)C(=O)N2)O4. The van der Waals surface area contributed by atoms with Gasteiger partial charge >= 0.3 is 11.8 Å². The van der Waals surface area contributed by atoms with E-state index in [1.807, 2.05) is 0 Å². The largest absolute Gasteiger partial charge is 0.507 e. The number of phenolic OH excluding ortho intramolecular Hbond substituents is 3. The number of Topliss-reactive ketones (excluding diaryl/α,β-unsaturated/α-hetero) is 1. The summed E-state index contributed by atoms with van der Waals surface area (Å²) in [6.45, 7) is 14.2. The number of phenols is 3. The molecule has 6 N–H and O–H groups in total. The van der Waals surface area contributed by atoms with Gasteiger partial charge in [0.1, 0.15) is 30.0 Å². The maximum absolute atomic E-state index is 14.2. The van der Waals surface area contributed by atoms with Crippen LogP contribution in [0, 0.1) is 30.6 Å². The average molecular weight is 769 g/mol. The number of methoxy groups -OCH3 is 1. The molecular formula is C40H52N2O13. The molecule has 0 spiro atoms. The van der Waals surface area contributed by atoms with E-state index in [-0.39, 0.29) is 51.1 Å². The Morgan fingerprint density at radius 1 is 0.982 bits per heavy atom. The van der Waals surface area contributed by atoms with Gasteiger partial charge in [-0.25, -0.2) is 0 Å². The summed E-state index contributed by atoms with van der Waals surface area (Å²) in [6.07, 6.45) is 4.49. The first-order chi connectivity index (χ1) is 25.8. The van der Waals surface area contributed by atoms with Crippen LogP contribution in [-0.4, -0.2) is 93.3 Å². The van der Waals surface area contributed by atoms with Crippen LogP contribution in [0.25, 0.3) is 10.8 Å². The molecule has 3 aliphatic heterocycles. The molecule has 0 fully saturated rings. The zero-order valence-electron chi connectivity index (χ0n) is 32.7. The summed E-state index contributed by atoms with van der Waals surface area (Å²) in [5.41, 5.74) is -0.610. The van der Waals surface area contributed by atoms with Gasteiger partial charge in [-0.1, -0.05) is 51.1 Å². The van der Waals surface area contributed by atoms with E-state index in [4.69, 9.17) is 23.8 Å². The molecule has 2 aromatic rings. The zero-order valence-corrected chi connectivity index (χ0v) is 32.7. The van der Waals surface area contributed by atoms with Crippen LogP contribution in [0.2, 0.25) is 0 Å². The molecule has 9 unspecified atom stereocenters. The molecule has 3 heterocycles. The molecule has 0 radical (unpaired) electrons. The minimum atomic E-state index is -2.05. The van der Waals surface area contributed by atoms with Gasteiger partial charge in [-0.15, -0.1) is 0 Å². The Kier molecular flexibility index (Phi) is 13.3. The number of nitrogens with zero attached hydrogens (tertiary/aromatic N) is 1. The number of nitrogens with one attached hydrogen (secondary N) is 1. The van der Waals surface area contributed by atoms with Crippen LogP contribution in [0.5, 0.6) is 23.0 Å². The predicted molar refractivity (Wildman–Crippen MR) is 203 cm³/mol. The Labute approximate surface area is 319 Å². The normalized spacial score (nSPS) is 31.4. The summed E-state index contributed by atoms with van der Waals surface area (Å²) in [4.78, 5) is 45.1. The highest BCUT2D eigenvalue weighted by molar-refractivity contribution is 6.23. The number of aliphatic hydroxyl groups is 2. The molecule has 0 aromatic heterocycles. The van der Waals surface area contributed by atoms with E-state index in [0.717, 1.165) is 6.21 Å². The van der Waals surface area contributed by atoms with Crippen LogP contribution >= 0.6 is 0 Å². The van der Waals surface area contributed by atoms with Crippen molar-refractivity contribution in [1.29, 1.82) is 0 Å². The lowest BCUT2D eigenvalue weighted by Gasteiger charge is -2.38. The van der Waals surface area contributed by atoms with Gasteiger partial charge in [-0.3, -0.25) is 14.4 Å². The molecule has 9 atom stereocenters. The van der Waals surface area contributed by atoms with Crippen molar-refractivity contribution in [2.45, 2.75) is 92.5 Å². The van der Waals surface area contributed by atoms with Crippen LogP contribution in [0.1, 0.15) is 76.9 Å². The van der Waals surface area contributed by atoms with E-state index in [2.05, 4.69) is 10.5 Å². The fraction of sp³-hybridized carbons (Fsp3) is 0.500. The molecule has 15 nitrogen and oxygen atoms in total. The molecule has 1 amide bonds. The van der Waals surface area contributed by atoms with E-state index >= 15 is 0 Å². The fourth-order valence-electron chi connectivity index (χ4n) is 7.04. The molecule has 0 saturated heterocycles. The first-order valence-electron chi connectivity index (χ1n) is 18.1. The van der Waals surface area contributed by atoms with Gasteiger partial charge in [0, 0.05) is 61.2 Å². The highest BCUT2D eigenvalue weighted by atomic mass is 16.7. The molecule has 0 saturated carbocycles. The van der Waals surface area contributed by atoms with E-state index in [0.29, 0.717) is 0 Å². The number of rotatable bonds is 5. The number of hydrogen-bond acceptors (Lipinski definition) is 14. The third-order valence-corrected chi connectivity index (χ3v) is 10.4. The zero-order chi connectivity index (χ0) is 41.1. The number of ether oxygens (including phenoxy) is 4. The quantitative estimate of drug-likeness (QED) is 0.0765. The lowest BCUT2D eigenvalue weighted by atomic mass is 9.78. The summed E-state index contributed by atoms with van der Waals surface area (Å²) < 4.78 is 23.4. The lowest BCUT2D eigenvalue weighted by Crippen LogP contribution is -2.46. The highest BCUT2D eigenvalue weighted by Crippen LogP contribution is 2.55.